The molecular weight excluding hydrogens is 352 g/mol. The number of nitrogens with zero attached hydrogens (tertiary/aromatic N) is 1. The van der Waals surface area contributed by atoms with Gasteiger partial charge in [0.1, 0.15) is 5.01 Å². The van der Waals surface area contributed by atoms with Crippen LogP contribution in [0.15, 0.2) is 35.0 Å². The third kappa shape index (κ3) is 3.71. The van der Waals surface area contributed by atoms with E-state index in [2.05, 4.69) is 47.3 Å². The van der Waals surface area contributed by atoms with Crippen molar-refractivity contribution in [3.63, 3.8) is 0 Å². The number of ether oxygens (including phenoxy) is 2. The van der Waals surface area contributed by atoms with Gasteiger partial charge in [0.2, 0.25) is 6.79 Å². The summed E-state index contributed by atoms with van der Waals surface area (Å²) in [6.07, 6.45) is 0.953. The molecular formula is C19H20N2O2S2. The predicted octanol–water partition coefficient (Wildman–Crippen LogP) is 4.62. The van der Waals surface area contributed by atoms with Crippen molar-refractivity contribution in [1.82, 2.24) is 10.3 Å². The third-order valence-corrected chi connectivity index (χ3v) is 6.27. The van der Waals surface area contributed by atoms with Crippen LogP contribution in [0.2, 0.25) is 0 Å². The maximum Gasteiger partial charge on any atom is 0.231 e. The fourth-order valence-electron chi connectivity index (χ4n) is 2.92. The number of rotatable bonds is 6. The monoisotopic (exact) mass is 372 g/mol. The van der Waals surface area contributed by atoms with Crippen LogP contribution in [0.1, 0.15) is 32.7 Å². The Morgan fingerprint density at radius 1 is 1.20 bits per heavy atom. The van der Waals surface area contributed by atoms with Crippen molar-refractivity contribution < 1.29 is 9.47 Å². The fraction of sp³-hybridized carbons (Fsp3) is 0.316. The van der Waals surface area contributed by atoms with E-state index >= 15 is 0 Å². The Hall–Kier alpha value is -1.89. The predicted molar refractivity (Wildman–Crippen MR) is 102 cm³/mol. The van der Waals surface area contributed by atoms with Crippen LogP contribution in [0.25, 0.3) is 0 Å². The topological polar surface area (TPSA) is 43.4 Å². The average molecular weight is 373 g/mol. The van der Waals surface area contributed by atoms with Crippen LogP contribution in [-0.4, -0.2) is 11.8 Å². The molecule has 2 aromatic heterocycles. The van der Waals surface area contributed by atoms with E-state index in [1.54, 1.807) is 22.7 Å². The second-order valence-electron chi connectivity index (χ2n) is 6.18. The van der Waals surface area contributed by atoms with Gasteiger partial charge in [0.05, 0.1) is 6.04 Å². The number of hydrogen-bond donors (Lipinski definition) is 1. The van der Waals surface area contributed by atoms with Gasteiger partial charge in [0, 0.05) is 28.9 Å². The SMILES string of the molecule is Cc1csc(C(Cc2cccs2)NCc2cc3c(cc2C)OCO3)n1. The molecule has 130 valence electrons. The lowest BCUT2D eigenvalue weighted by Gasteiger charge is -2.17. The summed E-state index contributed by atoms with van der Waals surface area (Å²) in [6, 6.07) is 8.64. The standard InChI is InChI=1S/C19H20N2O2S2/c1-12-6-17-18(23-11-22-17)7-14(12)9-20-16(8-15-4-3-5-24-15)19-21-13(2)10-25-19/h3-7,10,16,20H,8-9,11H2,1-2H3. The van der Waals surface area contributed by atoms with E-state index in [0.29, 0.717) is 6.79 Å². The summed E-state index contributed by atoms with van der Waals surface area (Å²) in [4.78, 5) is 6.07. The molecule has 0 radical (unpaired) electrons. The Balaban J connectivity index is 1.53. The number of hydrogen-bond acceptors (Lipinski definition) is 6. The quantitative estimate of drug-likeness (QED) is 0.685. The summed E-state index contributed by atoms with van der Waals surface area (Å²) in [5.41, 5.74) is 3.52. The minimum absolute atomic E-state index is 0.210. The number of thiazole rings is 1. The van der Waals surface area contributed by atoms with E-state index in [1.807, 2.05) is 6.92 Å². The number of aryl methyl sites for hydroxylation is 2. The zero-order chi connectivity index (χ0) is 17.2. The van der Waals surface area contributed by atoms with E-state index in [4.69, 9.17) is 14.5 Å². The highest BCUT2D eigenvalue weighted by Crippen LogP contribution is 2.35. The van der Waals surface area contributed by atoms with Crippen LogP contribution >= 0.6 is 22.7 Å². The lowest BCUT2D eigenvalue weighted by Crippen LogP contribution is -2.23. The van der Waals surface area contributed by atoms with Crippen LogP contribution in [0.5, 0.6) is 11.5 Å². The Bertz CT molecular complexity index is 858. The third-order valence-electron chi connectivity index (χ3n) is 4.29. The van der Waals surface area contributed by atoms with Gasteiger partial charge in [0.15, 0.2) is 11.5 Å². The largest absolute Gasteiger partial charge is 0.454 e. The Morgan fingerprint density at radius 2 is 2.04 bits per heavy atom. The second-order valence-corrected chi connectivity index (χ2v) is 8.10. The zero-order valence-electron chi connectivity index (χ0n) is 14.2. The number of benzene rings is 1. The molecule has 6 heteroatoms. The molecule has 0 spiro atoms. The van der Waals surface area contributed by atoms with Gasteiger partial charge in [-0.05, 0) is 48.6 Å². The van der Waals surface area contributed by atoms with E-state index in [1.165, 1.54) is 16.0 Å². The lowest BCUT2D eigenvalue weighted by atomic mass is 10.1. The van der Waals surface area contributed by atoms with Crippen LogP contribution < -0.4 is 14.8 Å². The Morgan fingerprint density at radius 3 is 2.76 bits per heavy atom. The van der Waals surface area contributed by atoms with Crippen molar-refractivity contribution in [3.8, 4) is 11.5 Å². The normalized spacial score (nSPS) is 14.0. The van der Waals surface area contributed by atoms with Crippen molar-refractivity contribution >= 4 is 22.7 Å². The van der Waals surface area contributed by atoms with Gasteiger partial charge >= 0.3 is 0 Å². The van der Waals surface area contributed by atoms with Crippen LogP contribution in [0.4, 0.5) is 0 Å². The highest BCUT2D eigenvalue weighted by Gasteiger charge is 2.19. The van der Waals surface area contributed by atoms with Gasteiger partial charge in [-0.2, -0.15) is 0 Å². The Kier molecular flexibility index (Phi) is 4.74. The number of nitrogens with one attached hydrogen (secondary N) is 1. The van der Waals surface area contributed by atoms with Crippen molar-refractivity contribution in [3.05, 3.63) is 61.7 Å². The second kappa shape index (κ2) is 7.15. The molecule has 1 aromatic carbocycles. The first-order valence-electron chi connectivity index (χ1n) is 8.26. The molecule has 0 saturated carbocycles. The molecule has 1 aliphatic rings. The molecule has 0 saturated heterocycles. The first-order chi connectivity index (χ1) is 12.2. The molecule has 1 unspecified atom stereocenters. The molecule has 0 amide bonds. The van der Waals surface area contributed by atoms with Gasteiger partial charge in [-0.1, -0.05) is 6.07 Å². The van der Waals surface area contributed by atoms with Crippen molar-refractivity contribution in [2.75, 3.05) is 6.79 Å². The molecule has 1 atom stereocenters. The summed E-state index contributed by atoms with van der Waals surface area (Å²) in [5, 5.41) is 9.08. The lowest BCUT2D eigenvalue weighted by molar-refractivity contribution is 0.174. The maximum absolute atomic E-state index is 5.52. The summed E-state index contributed by atoms with van der Waals surface area (Å²) >= 11 is 3.52. The van der Waals surface area contributed by atoms with Crippen molar-refractivity contribution in [2.24, 2.45) is 0 Å². The van der Waals surface area contributed by atoms with Crippen LogP contribution in [0, 0.1) is 13.8 Å². The molecule has 0 fully saturated rings. The maximum atomic E-state index is 5.52. The molecule has 4 rings (SSSR count). The first-order valence-corrected chi connectivity index (χ1v) is 10.0. The molecule has 0 aliphatic carbocycles. The Labute approximate surface area is 155 Å². The molecule has 1 N–H and O–H groups in total. The van der Waals surface area contributed by atoms with Gasteiger partial charge in [-0.25, -0.2) is 4.98 Å². The minimum Gasteiger partial charge on any atom is -0.454 e. The van der Waals surface area contributed by atoms with E-state index in [9.17, 15) is 0 Å². The molecule has 1 aliphatic heterocycles. The van der Waals surface area contributed by atoms with Crippen LogP contribution in [-0.2, 0) is 13.0 Å². The van der Waals surface area contributed by atoms with Crippen LogP contribution in [0.3, 0.4) is 0 Å². The van der Waals surface area contributed by atoms with E-state index < -0.39 is 0 Å². The van der Waals surface area contributed by atoms with Crippen molar-refractivity contribution in [1.29, 1.82) is 0 Å². The molecule has 3 heterocycles. The van der Waals surface area contributed by atoms with Gasteiger partial charge < -0.3 is 14.8 Å². The average Bonchev–Trinajstić information content (AvgIpc) is 3.32. The van der Waals surface area contributed by atoms with Gasteiger partial charge in [-0.3, -0.25) is 0 Å². The molecule has 25 heavy (non-hydrogen) atoms. The smallest absolute Gasteiger partial charge is 0.231 e. The highest BCUT2D eigenvalue weighted by atomic mass is 32.1. The van der Waals surface area contributed by atoms with Crippen molar-refractivity contribution in [2.45, 2.75) is 32.9 Å². The first kappa shape index (κ1) is 16.6. The van der Waals surface area contributed by atoms with Gasteiger partial charge in [-0.15, -0.1) is 22.7 Å². The summed E-state index contributed by atoms with van der Waals surface area (Å²) < 4.78 is 11.0. The molecule has 4 nitrogen and oxygen atoms in total. The van der Waals surface area contributed by atoms with E-state index in [0.717, 1.165) is 35.2 Å². The molecule has 3 aromatic rings. The summed E-state index contributed by atoms with van der Waals surface area (Å²) in [5.74, 6) is 1.68. The highest BCUT2D eigenvalue weighted by molar-refractivity contribution is 7.10. The molecule has 0 bridgehead atoms. The fourth-order valence-corrected chi connectivity index (χ4v) is 4.54. The minimum atomic E-state index is 0.210. The van der Waals surface area contributed by atoms with Gasteiger partial charge in [0.25, 0.3) is 0 Å². The summed E-state index contributed by atoms with van der Waals surface area (Å²) in [7, 11) is 0. The zero-order valence-corrected chi connectivity index (χ0v) is 15.9. The number of fused-ring (bicyclic) bond motifs is 1. The van der Waals surface area contributed by atoms with E-state index in [-0.39, 0.29) is 6.04 Å². The number of aromatic nitrogens is 1. The summed E-state index contributed by atoms with van der Waals surface area (Å²) in [6.45, 7) is 5.24. The number of thiophene rings is 1.